The van der Waals surface area contributed by atoms with E-state index in [0.29, 0.717) is 5.69 Å². The molecule has 0 aliphatic rings. The van der Waals surface area contributed by atoms with Crippen LogP contribution in [0.1, 0.15) is 52.3 Å². The third kappa shape index (κ3) is 3.62. The number of nitrogens with zero attached hydrogens (tertiary/aromatic N) is 2. The first-order valence-corrected chi connectivity index (χ1v) is 7.35. The quantitative estimate of drug-likeness (QED) is 0.588. The average Bonchev–Trinajstić information content (AvgIpc) is 2.92. The fourth-order valence-corrected chi connectivity index (χ4v) is 2.14. The molecule has 0 aliphatic carbocycles. The first-order valence-electron chi connectivity index (χ1n) is 7.35. The Labute approximate surface area is 125 Å². The van der Waals surface area contributed by atoms with Crippen molar-refractivity contribution in [1.82, 2.24) is 9.78 Å². The summed E-state index contributed by atoms with van der Waals surface area (Å²) in [6, 6.07) is 2.00. The molecular weight excluding hydrogens is 272 g/mol. The van der Waals surface area contributed by atoms with Gasteiger partial charge < -0.3 is 9.84 Å². The van der Waals surface area contributed by atoms with Gasteiger partial charge in [0.1, 0.15) is 0 Å². The van der Waals surface area contributed by atoms with E-state index >= 15 is 0 Å². The van der Waals surface area contributed by atoms with Gasteiger partial charge >= 0.3 is 11.9 Å². The molecule has 21 heavy (non-hydrogen) atoms. The Kier molecular flexibility index (Phi) is 5.93. The Morgan fingerprint density at radius 1 is 1.43 bits per heavy atom. The summed E-state index contributed by atoms with van der Waals surface area (Å²) in [6.07, 6.45) is 2.95. The van der Waals surface area contributed by atoms with Gasteiger partial charge in [-0.25, -0.2) is 0 Å². The van der Waals surface area contributed by atoms with Gasteiger partial charge in [-0.15, -0.1) is 0 Å². The van der Waals surface area contributed by atoms with Crippen LogP contribution in [0, 0.1) is 5.41 Å². The van der Waals surface area contributed by atoms with Crippen molar-refractivity contribution in [1.29, 1.82) is 0 Å². The van der Waals surface area contributed by atoms with Crippen LogP contribution in [-0.2, 0) is 20.7 Å². The lowest BCUT2D eigenvalue weighted by atomic mass is 9.80. The number of rotatable bonds is 8. The van der Waals surface area contributed by atoms with Crippen molar-refractivity contribution in [2.24, 2.45) is 5.41 Å². The summed E-state index contributed by atoms with van der Waals surface area (Å²) in [5.41, 5.74) is -0.974. The van der Waals surface area contributed by atoms with Gasteiger partial charge in [0.05, 0.1) is 12.3 Å². The van der Waals surface area contributed by atoms with E-state index in [2.05, 4.69) is 12.0 Å². The topological polar surface area (TPSA) is 81.4 Å². The van der Waals surface area contributed by atoms with Gasteiger partial charge in [-0.1, -0.05) is 13.8 Å². The van der Waals surface area contributed by atoms with Crippen molar-refractivity contribution in [3.05, 3.63) is 18.0 Å². The average molecular weight is 296 g/mol. The zero-order valence-electron chi connectivity index (χ0n) is 13.1. The lowest BCUT2D eigenvalue weighted by Gasteiger charge is -2.24. The molecule has 118 valence electrons. The fraction of sp³-hybridized carbons (Fsp3) is 0.667. The fourth-order valence-electron chi connectivity index (χ4n) is 2.14. The van der Waals surface area contributed by atoms with Crippen molar-refractivity contribution < 1.29 is 19.4 Å². The molecule has 0 aromatic carbocycles. The molecule has 0 radical (unpaired) electrons. The second-order valence-electron chi connectivity index (χ2n) is 5.18. The molecule has 0 amide bonds. The Hall–Kier alpha value is -1.85. The molecule has 0 fully saturated rings. The Morgan fingerprint density at radius 3 is 2.57 bits per heavy atom. The second-order valence-corrected chi connectivity index (χ2v) is 5.18. The number of esters is 1. The van der Waals surface area contributed by atoms with E-state index in [1.807, 2.05) is 13.1 Å². The second kappa shape index (κ2) is 7.24. The van der Waals surface area contributed by atoms with Crippen LogP contribution >= 0.6 is 0 Å². The zero-order chi connectivity index (χ0) is 16.0. The molecule has 2 atom stereocenters. The maximum Gasteiger partial charge on any atom is 0.323 e. The Morgan fingerprint density at radius 2 is 2.10 bits per heavy atom. The minimum absolute atomic E-state index is 0.0428. The summed E-state index contributed by atoms with van der Waals surface area (Å²) in [5, 5.41) is 13.9. The first-order chi connectivity index (χ1) is 9.91. The van der Waals surface area contributed by atoms with Crippen molar-refractivity contribution >= 4 is 11.9 Å². The highest BCUT2D eigenvalue weighted by Gasteiger charge is 2.46. The Bertz CT molecular complexity index is 498. The Balaban J connectivity index is 3.04. The van der Waals surface area contributed by atoms with Crippen LogP contribution in [0.25, 0.3) is 0 Å². The highest BCUT2D eigenvalue weighted by Crippen LogP contribution is 2.29. The van der Waals surface area contributed by atoms with Gasteiger partial charge in [0.2, 0.25) is 0 Å². The highest BCUT2D eigenvalue weighted by atomic mass is 16.5. The lowest BCUT2D eigenvalue weighted by molar-refractivity contribution is -0.169. The van der Waals surface area contributed by atoms with E-state index < -0.39 is 17.4 Å². The number of hydrogen-bond acceptors (Lipinski definition) is 4. The molecule has 1 aromatic heterocycles. The summed E-state index contributed by atoms with van der Waals surface area (Å²) in [5.74, 6) is -1.86. The number of carboxylic acids is 1. The van der Waals surface area contributed by atoms with Crippen LogP contribution < -0.4 is 0 Å². The molecule has 1 N–H and O–H groups in total. The van der Waals surface area contributed by atoms with Gasteiger partial charge in [-0.05, 0) is 32.8 Å². The van der Waals surface area contributed by atoms with Gasteiger partial charge in [0.15, 0.2) is 5.41 Å². The molecule has 0 bridgehead atoms. The third-order valence-electron chi connectivity index (χ3n) is 3.87. The van der Waals surface area contributed by atoms with E-state index in [-0.39, 0.29) is 25.5 Å². The molecule has 6 nitrogen and oxygen atoms in total. The molecule has 1 aromatic rings. The number of ether oxygens (including phenoxy) is 1. The molecular formula is C15H24N2O4. The van der Waals surface area contributed by atoms with Crippen molar-refractivity contribution in [3.8, 4) is 0 Å². The monoisotopic (exact) mass is 296 g/mol. The van der Waals surface area contributed by atoms with E-state index in [9.17, 15) is 14.7 Å². The van der Waals surface area contributed by atoms with Gasteiger partial charge in [-0.2, -0.15) is 5.10 Å². The van der Waals surface area contributed by atoms with Crippen molar-refractivity contribution in [2.75, 3.05) is 6.61 Å². The predicted octanol–water partition coefficient (Wildman–Crippen LogP) is 2.44. The molecule has 0 spiro atoms. The van der Waals surface area contributed by atoms with Crippen molar-refractivity contribution in [2.45, 2.75) is 53.0 Å². The summed E-state index contributed by atoms with van der Waals surface area (Å²) >= 11 is 0. The normalized spacial score (nSPS) is 15.2. The highest BCUT2D eigenvalue weighted by molar-refractivity contribution is 5.99. The molecule has 0 aliphatic heterocycles. The predicted molar refractivity (Wildman–Crippen MR) is 77.9 cm³/mol. The van der Waals surface area contributed by atoms with Crippen LogP contribution in [0.4, 0.5) is 0 Å². The maximum atomic E-state index is 12.1. The SMILES string of the molecule is CCOC(=O)C(CC)(Cc1ccn(C(C)CC)n1)C(=O)O. The van der Waals surface area contributed by atoms with Crippen LogP contribution in [0.15, 0.2) is 12.3 Å². The third-order valence-corrected chi connectivity index (χ3v) is 3.87. The van der Waals surface area contributed by atoms with Crippen LogP contribution in [0.2, 0.25) is 0 Å². The van der Waals surface area contributed by atoms with Crippen LogP contribution in [0.3, 0.4) is 0 Å². The minimum atomic E-state index is -1.56. The molecule has 0 saturated carbocycles. The van der Waals surface area contributed by atoms with Gasteiger partial charge in [-0.3, -0.25) is 14.3 Å². The number of aromatic nitrogens is 2. The molecule has 2 unspecified atom stereocenters. The van der Waals surface area contributed by atoms with E-state index in [0.717, 1.165) is 6.42 Å². The summed E-state index contributed by atoms with van der Waals surface area (Å²) in [6.45, 7) is 7.59. The molecule has 1 heterocycles. The van der Waals surface area contributed by atoms with E-state index in [1.54, 1.807) is 24.6 Å². The molecule has 1 rings (SSSR count). The smallest absolute Gasteiger partial charge is 0.323 e. The van der Waals surface area contributed by atoms with E-state index in [1.165, 1.54) is 0 Å². The molecule has 6 heteroatoms. The van der Waals surface area contributed by atoms with Crippen LogP contribution in [0.5, 0.6) is 0 Å². The van der Waals surface area contributed by atoms with Gasteiger partial charge in [0, 0.05) is 18.7 Å². The number of hydrogen-bond donors (Lipinski definition) is 1. The summed E-state index contributed by atoms with van der Waals surface area (Å²) < 4.78 is 6.75. The molecule has 0 saturated heterocycles. The number of carbonyl (C=O) groups is 2. The number of carboxylic acid groups (broad SMARTS) is 1. The maximum absolute atomic E-state index is 12.1. The van der Waals surface area contributed by atoms with Crippen LogP contribution in [-0.4, -0.2) is 33.4 Å². The zero-order valence-corrected chi connectivity index (χ0v) is 13.1. The number of aliphatic carboxylic acids is 1. The summed E-state index contributed by atoms with van der Waals surface area (Å²) in [4.78, 5) is 23.7. The van der Waals surface area contributed by atoms with Crippen molar-refractivity contribution in [3.63, 3.8) is 0 Å². The van der Waals surface area contributed by atoms with E-state index in [4.69, 9.17) is 4.74 Å². The van der Waals surface area contributed by atoms with Gasteiger partial charge in [0.25, 0.3) is 0 Å². The minimum Gasteiger partial charge on any atom is -0.480 e. The number of carbonyl (C=O) groups excluding carboxylic acids is 1. The largest absolute Gasteiger partial charge is 0.480 e. The standard InChI is InChI=1S/C15H24N2O4/c1-5-11(4)17-9-8-12(16-17)10-15(6-2,13(18)19)14(20)21-7-3/h8-9,11H,5-7,10H2,1-4H3,(H,18,19). The first kappa shape index (κ1) is 17.2. The lowest BCUT2D eigenvalue weighted by Crippen LogP contribution is -2.42. The summed E-state index contributed by atoms with van der Waals surface area (Å²) in [7, 11) is 0.